The molecule has 0 fully saturated rings. The summed E-state index contributed by atoms with van der Waals surface area (Å²) in [5.74, 6) is 1.71. The number of benzene rings is 4. The molecule has 0 amide bonds. The number of nitrogens with two attached hydrogens (primary N) is 1. The van der Waals surface area contributed by atoms with Crippen molar-refractivity contribution in [2.75, 3.05) is 0 Å². The normalized spacial score (nSPS) is 11.6. The van der Waals surface area contributed by atoms with Gasteiger partial charge in [-0.1, -0.05) is 84.9 Å². The van der Waals surface area contributed by atoms with Gasteiger partial charge in [0.15, 0.2) is 0 Å². The lowest BCUT2D eigenvalue weighted by Gasteiger charge is -2.14. The Morgan fingerprint density at radius 1 is 0.516 bits per heavy atom. The van der Waals surface area contributed by atoms with Crippen LogP contribution >= 0.6 is 0 Å². The first-order valence-electron chi connectivity index (χ1n) is 10.5. The Kier molecular flexibility index (Phi) is 6.99. The lowest BCUT2D eigenvalue weighted by Crippen LogP contribution is -2.13. The molecule has 3 nitrogen and oxygen atoms in total. The summed E-state index contributed by atoms with van der Waals surface area (Å²) in [6.07, 6.45) is 0.767. The zero-order valence-corrected chi connectivity index (χ0v) is 17.5. The molecule has 0 bridgehead atoms. The fourth-order valence-electron chi connectivity index (χ4n) is 3.39. The van der Waals surface area contributed by atoms with Crippen molar-refractivity contribution < 1.29 is 9.47 Å². The molecular formula is C28H27NO2. The predicted molar refractivity (Wildman–Crippen MR) is 125 cm³/mol. The van der Waals surface area contributed by atoms with Crippen LogP contribution in [-0.4, -0.2) is 0 Å². The number of hydrogen-bond donors (Lipinski definition) is 1. The van der Waals surface area contributed by atoms with E-state index in [9.17, 15) is 0 Å². The van der Waals surface area contributed by atoms with Crippen LogP contribution < -0.4 is 15.2 Å². The van der Waals surface area contributed by atoms with E-state index in [2.05, 4.69) is 36.4 Å². The first-order valence-corrected chi connectivity index (χ1v) is 10.5. The Morgan fingerprint density at radius 2 is 0.968 bits per heavy atom. The highest BCUT2D eigenvalue weighted by molar-refractivity contribution is 5.32. The molecule has 0 spiro atoms. The first-order chi connectivity index (χ1) is 15.3. The fraction of sp³-hybridized carbons (Fsp3) is 0.143. The molecule has 0 aliphatic rings. The summed E-state index contributed by atoms with van der Waals surface area (Å²) in [6, 6.07) is 36.5. The SMILES string of the molecule is NC(Cc1ccc(OCc2ccccc2)cc1)c1ccc(OCc2ccccc2)cc1. The van der Waals surface area contributed by atoms with Gasteiger partial charge in [-0.05, 0) is 52.9 Å². The molecule has 1 unspecified atom stereocenters. The molecule has 1 atom stereocenters. The molecule has 0 heterocycles. The van der Waals surface area contributed by atoms with Crippen molar-refractivity contribution in [1.29, 1.82) is 0 Å². The van der Waals surface area contributed by atoms with Gasteiger partial charge in [0.2, 0.25) is 0 Å². The van der Waals surface area contributed by atoms with E-state index < -0.39 is 0 Å². The highest BCUT2D eigenvalue weighted by Gasteiger charge is 2.08. The Morgan fingerprint density at radius 3 is 1.45 bits per heavy atom. The second-order valence-corrected chi connectivity index (χ2v) is 7.57. The Balaban J connectivity index is 1.28. The molecule has 4 rings (SSSR count). The van der Waals surface area contributed by atoms with Gasteiger partial charge in [-0.2, -0.15) is 0 Å². The van der Waals surface area contributed by atoms with Crippen LogP contribution in [0, 0.1) is 0 Å². The first kappa shape index (κ1) is 20.7. The van der Waals surface area contributed by atoms with E-state index in [-0.39, 0.29) is 6.04 Å². The number of rotatable bonds is 9. The second-order valence-electron chi connectivity index (χ2n) is 7.57. The lowest BCUT2D eigenvalue weighted by molar-refractivity contribution is 0.306. The molecule has 2 N–H and O–H groups in total. The molecule has 0 aromatic heterocycles. The van der Waals surface area contributed by atoms with Crippen molar-refractivity contribution in [3.63, 3.8) is 0 Å². The summed E-state index contributed by atoms with van der Waals surface area (Å²) < 4.78 is 11.7. The molecule has 0 aliphatic heterocycles. The zero-order chi connectivity index (χ0) is 21.3. The smallest absolute Gasteiger partial charge is 0.119 e. The summed E-state index contributed by atoms with van der Waals surface area (Å²) in [7, 11) is 0. The van der Waals surface area contributed by atoms with Crippen molar-refractivity contribution in [1.82, 2.24) is 0 Å². The molecule has 3 heteroatoms. The van der Waals surface area contributed by atoms with Gasteiger partial charge in [-0.3, -0.25) is 0 Å². The summed E-state index contributed by atoms with van der Waals surface area (Å²) in [5.41, 5.74) is 11.0. The van der Waals surface area contributed by atoms with E-state index in [0.29, 0.717) is 13.2 Å². The van der Waals surface area contributed by atoms with E-state index in [4.69, 9.17) is 15.2 Å². The molecule has 0 saturated carbocycles. The van der Waals surface area contributed by atoms with Gasteiger partial charge < -0.3 is 15.2 Å². The van der Waals surface area contributed by atoms with Crippen LogP contribution in [0.2, 0.25) is 0 Å². The minimum atomic E-state index is -0.0701. The second kappa shape index (κ2) is 10.5. The Hall–Kier alpha value is -3.56. The lowest BCUT2D eigenvalue weighted by atomic mass is 9.99. The maximum atomic E-state index is 6.44. The molecular weight excluding hydrogens is 382 g/mol. The van der Waals surface area contributed by atoms with Gasteiger partial charge in [-0.15, -0.1) is 0 Å². The van der Waals surface area contributed by atoms with Crippen LogP contribution in [0.4, 0.5) is 0 Å². The summed E-state index contributed by atoms with van der Waals surface area (Å²) in [6.45, 7) is 1.13. The third-order valence-electron chi connectivity index (χ3n) is 5.18. The van der Waals surface area contributed by atoms with E-state index in [1.165, 1.54) is 5.56 Å². The van der Waals surface area contributed by atoms with E-state index >= 15 is 0 Å². The van der Waals surface area contributed by atoms with Gasteiger partial charge in [0.05, 0.1) is 0 Å². The Bertz CT molecular complexity index is 1050. The fourth-order valence-corrected chi connectivity index (χ4v) is 3.39. The number of hydrogen-bond acceptors (Lipinski definition) is 3. The van der Waals surface area contributed by atoms with E-state index in [1.807, 2.05) is 72.8 Å². The maximum absolute atomic E-state index is 6.44. The van der Waals surface area contributed by atoms with Crippen molar-refractivity contribution in [2.24, 2.45) is 5.73 Å². The van der Waals surface area contributed by atoms with Crippen LogP contribution in [0.5, 0.6) is 11.5 Å². The molecule has 4 aromatic rings. The molecule has 0 aliphatic carbocycles. The van der Waals surface area contributed by atoms with Gasteiger partial charge in [0.25, 0.3) is 0 Å². The van der Waals surface area contributed by atoms with Gasteiger partial charge in [0, 0.05) is 6.04 Å². The molecule has 0 radical (unpaired) electrons. The maximum Gasteiger partial charge on any atom is 0.119 e. The zero-order valence-electron chi connectivity index (χ0n) is 17.5. The molecule has 156 valence electrons. The summed E-state index contributed by atoms with van der Waals surface area (Å²) >= 11 is 0. The minimum absolute atomic E-state index is 0.0701. The predicted octanol–water partition coefficient (Wildman–Crippen LogP) is 6.09. The van der Waals surface area contributed by atoms with Crippen molar-refractivity contribution in [3.05, 3.63) is 131 Å². The van der Waals surface area contributed by atoms with Crippen LogP contribution in [0.3, 0.4) is 0 Å². The molecule has 31 heavy (non-hydrogen) atoms. The van der Waals surface area contributed by atoms with Crippen LogP contribution in [-0.2, 0) is 19.6 Å². The van der Waals surface area contributed by atoms with Crippen LogP contribution in [0.15, 0.2) is 109 Å². The summed E-state index contributed by atoms with van der Waals surface area (Å²) in [4.78, 5) is 0. The van der Waals surface area contributed by atoms with Gasteiger partial charge in [0.1, 0.15) is 24.7 Å². The quantitative estimate of drug-likeness (QED) is 0.364. The third kappa shape index (κ3) is 6.21. The van der Waals surface area contributed by atoms with Crippen LogP contribution in [0.1, 0.15) is 28.3 Å². The highest BCUT2D eigenvalue weighted by atomic mass is 16.5. The van der Waals surface area contributed by atoms with Crippen LogP contribution in [0.25, 0.3) is 0 Å². The average molecular weight is 410 g/mol. The standard InChI is InChI=1S/C28H27NO2/c29-28(25-13-17-27(18-14-25)31-21-24-9-5-2-6-10-24)19-22-11-15-26(16-12-22)30-20-23-7-3-1-4-8-23/h1-18,28H,19-21,29H2. The van der Waals surface area contributed by atoms with Crippen molar-refractivity contribution >= 4 is 0 Å². The molecule has 4 aromatic carbocycles. The third-order valence-corrected chi connectivity index (χ3v) is 5.18. The highest BCUT2D eigenvalue weighted by Crippen LogP contribution is 2.22. The van der Waals surface area contributed by atoms with Crippen molar-refractivity contribution in [3.8, 4) is 11.5 Å². The van der Waals surface area contributed by atoms with Crippen molar-refractivity contribution in [2.45, 2.75) is 25.7 Å². The molecule has 0 saturated heterocycles. The summed E-state index contributed by atoms with van der Waals surface area (Å²) in [5, 5.41) is 0. The van der Waals surface area contributed by atoms with E-state index in [0.717, 1.165) is 34.6 Å². The largest absolute Gasteiger partial charge is 0.489 e. The Labute approximate surface area is 184 Å². The monoisotopic (exact) mass is 409 g/mol. The van der Waals surface area contributed by atoms with Gasteiger partial charge in [-0.25, -0.2) is 0 Å². The minimum Gasteiger partial charge on any atom is -0.489 e. The number of ether oxygens (including phenoxy) is 2. The topological polar surface area (TPSA) is 44.5 Å². The average Bonchev–Trinajstić information content (AvgIpc) is 2.84. The van der Waals surface area contributed by atoms with Gasteiger partial charge >= 0.3 is 0 Å². The van der Waals surface area contributed by atoms with E-state index in [1.54, 1.807) is 0 Å².